The first-order chi connectivity index (χ1) is 15.5. The molecule has 2 aliphatic rings. The van der Waals surface area contributed by atoms with Crippen molar-refractivity contribution in [2.75, 3.05) is 48.8 Å². The summed E-state index contributed by atoms with van der Waals surface area (Å²) in [6.07, 6.45) is 3.92. The van der Waals surface area contributed by atoms with Gasteiger partial charge >= 0.3 is 6.03 Å². The van der Waals surface area contributed by atoms with E-state index in [1.807, 2.05) is 42.5 Å². The zero-order valence-electron chi connectivity index (χ0n) is 19.0. The molecule has 0 radical (unpaired) electrons. The molecule has 0 bridgehead atoms. The third-order valence-corrected chi connectivity index (χ3v) is 6.43. The fourth-order valence-corrected chi connectivity index (χ4v) is 4.57. The van der Waals surface area contributed by atoms with Crippen LogP contribution in [0.4, 0.5) is 21.9 Å². The lowest BCUT2D eigenvalue weighted by Crippen LogP contribution is -2.53. The highest BCUT2D eigenvalue weighted by Crippen LogP contribution is 2.27. The Hall–Kier alpha value is -3.06. The fraction of sp³-hybridized carbons (Fsp3) is 0.440. The van der Waals surface area contributed by atoms with Crippen LogP contribution in [0, 0.1) is 0 Å². The van der Waals surface area contributed by atoms with Crippen LogP contribution in [0.2, 0.25) is 0 Å². The first kappa shape index (κ1) is 22.1. The molecule has 2 N–H and O–H groups in total. The monoisotopic (exact) mass is 435 g/mol. The molecular formula is C25H33N5O2. The van der Waals surface area contributed by atoms with Crippen LogP contribution in [0.3, 0.4) is 0 Å². The molecule has 2 saturated heterocycles. The number of anilines is 3. The van der Waals surface area contributed by atoms with Gasteiger partial charge in [-0.2, -0.15) is 0 Å². The van der Waals surface area contributed by atoms with E-state index in [2.05, 4.69) is 46.7 Å². The second-order valence-electron chi connectivity index (χ2n) is 8.87. The van der Waals surface area contributed by atoms with Crippen LogP contribution in [-0.2, 0) is 4.79 Å². The predicted octanol–water partition coefficient (Wildman–Crippen LogP) is 3.53. The molecule has 170 valence electrons. The fourth-order valence-electron chi connectivity index (χ4n) is 4.57. The minimum absolute atomic E-state index is 0.0575. The van der Waals surface area contributed by atoms with Gasteiger partial charge in [-0.3, -0.25) is 4.79 Å². The van der Waals surface area contributed by atoms with Crippen molar-refractivity contribution in [1.82, 2.24) is 10.2 Å². The standard InChI is InChI=1S/C25H33N5O2/c1-28(2)22-10-6-16-29(18-22)20-12-14-21(15-13-20)30-17-7-11-23(24(30)31)27-25(32)26-19-8-4-3-5-9-19/h3-5,8-9,12-15,22-23H,6-7,10-11,16-18H2,1-2H3,(H2,26,27,32)/t22?,23-/m1/s1. The van der Waals surface area contributed by atoms with E-state index >= 15 is 0 Å². The van der Waals surface area contributed by atoms with E-state index in [1.54, 1.807) is 4.90 Å². The summed E-state index contributed by atoms with van der Waals surface area (Å²) in [7, 11) is 4.29. The summed E-state index contributed by atoms with van der Waals surface area (Å²) in [5, 5.41) is 5.63. The molecule has 2 aliphatic heterocycles. The molecule has 3 amide bonds. The quantitative estimate of drug-likeness (QED) is 0.754. The van der Waals surface area contributed by atoms with Gasteiger partial charge in [0.1, 0.15) is 6.04 Å². The lowest BCUT2D eigenvalue weighted by atomic mass is 10.0. The normalized spacial score (nSPS) is 21.5. The topological polar surface area (TPSA) is 67.9 Å². The molecule has 2 heterocycles. The van der Waals surface area contributed by atoms with E-state index in [1.165, 1.54) is 18.5 Å². The molecule has 2 aromatic rings. The van der Waals surface area contributed by atoms with Crippen LogP contribution in [0.5, 0.6) is 0 Å². The van der Waals surface area contributed by atoms with Gasteiger partial charge in [-0.1, -0.05) is 18.2 Å². The second kappa shape index (κ2) is 10.0. The summed E-state index contributed by atoms with van der Waals surface area (Å²) in [6, 6.07) is 17.2. The van der Waals surface area contributed by atoms with Crippen LogP contribution in [0.1, 0.15) is 25.7 Å². The highest BCUT2D eigenvalue weighted by atomic mass is 16.2. The van der Waals surface area contributed by atoms with E-state index in [9.17, 15) is 9.59 Å². The molecule has 7 nitrogen and oxygen atoms in total. The Balaban J connectivity index is 1.38. The third-order valence-electron chi connectivity index (χ3n) is 6.43. The largest absolute Gasteiger partial charge is 0.370 e. The number of piperidine rings is 2. The predicted molar refractivity (Wildman–Crippen MR) is 129 cm³/mol. The summed E-state index contributed by atoms with van der Waals surface area (Å²) in [6.45, 7) is 2.76. The maximum absolute atomic E-state index is 13.1. The highest BCUT2D eigenvalue weighted by Gasteiger charge is 2.31. The molecule has 2 aromatic carbocycles. The first-order valence-electron chi connectivity index (χ1n) is 11.5. The van der Waals surface area contributed by atoms with Crippen LogP contribution in [0.25, 0.3) is 0 Å². The van der Waals surface area contributed by atoms with Gasteiger partial charge in [0.25, 0.3) is 0 Å². The van der Waals surface area contributed by atoms with Crippen LogP contribution < -0.4 is 20.4 Å². The minimum Gasteiger partial charge on any atom is -0.370 e. The first-order valence-corrected chi connectivity index (χ1v) is 11.5. The van der Waals surface area contributed by atoms with Crippen molar-refractivity contribution in [3.63, 3.8) is 0 Å². The Morgan fingerprint density at radius 3 is 2.34 bits per heavy atom. The average molecular weight is 436 g/mol. The van der Waals surface area contributed by atoms with E-state index in [0.29, 0.717) is 24.7 Å². The SMILES string of the molecule is CN(C)C1CCCN(c2ccc(N3CCC[C@@H](NC(=O)Nc4ccccc4)C3=O)cc2)C1. The molecule has 0 aromatic heterocycles. The van der Waals surface area contributed by atoms with Crippen LogP contribution in [0.15, 0.2) is 54.6 Å². The maximum atomic E-state index is 13.1. The van der Waals surface area contributed by atoms with E-state index in [-0.39, 0.29) is 11.9 Å². The van der Waals surface area contributed by atoms with Gasteiger partial charge in [-0.25, -0.2) is 4.79 Å². The Morgan fingerprint density at radius 1 is 0.938 bits per heavy atom. The number of nitrogens with zero attached hydrogens (tertiary/aromatic N) is 3. The van der Waals surface area contributed by atoms with Gasteiger partial charge in [0, 0.05) is 42.7 Å². The zero-order chi connectivity index (χ0) is 22.5. The van der Waals surface area contributed by atoms with Crippen molar-refractivity contribution in [2.45, 2.75) is 37.8 Å². The Bertz CT molecular complexity index is 916. The molecule has 2 fully saturated rings. The number of urea groups is 1. The van der Waals surface area contributed by atoms with Crippen molar-refractivity contribution in [2.24, 2.45) is 0 Å². The molecule has 32 heavy (non-hydrogen) atoms. The summed E-state index contributed by atoms with van der Waals surface area (Å²) >= 11 is 0. The summed E-state index contributed by atoms with van der Waals surface area (Å²) in [5.74, 6) is -0.0575. The van der Waals surface area contributed by atoms with Crippen molar-refractivity contribution < 1.29 is 9.59 Å². The molecule has 2 atom stereocenters. The molecular weight excluding hydrogens is 402 g/mol. The number of nitrogens with one attached hydrogen (secondary N) is 2. The van der Waals surface area contributed by atoms with E-state index in [4.69, 9.17) is 0 Å². The molecule has 0 aliphatic carbocycles. The number of likely N-dealkylation sites (N-methyl/N-ethyl adjacent to an activating group) is 1. The number of hydrogen-bond acceptors (Lipinski definition) is 4. The Morgan fingerprint density at radius 2 is 1.62 bits per heavy atom. The van der Waals surface area contributed by atoms with Crippen LogP contribution >= 0.6 is 0 Å². The van der Waals surface area contributed by atoms with Gasteiger partial charge in [-0.15, -0.1) is 0 Å². The molecule has 1 unspecified atom stereocenters. The van der Waals surface area contributed by atoms with Gasteiger partial charge in [-0.05, 0) is 76.2 Å². The summed E-state index contributed by atoms with van der Waals surface area (Å²) < 4.78 is 0. The van der Waals surface area contributed by atoms with Gasteiger partial charge in [0.15, 0.2) is 0 Å². The molecule has 4 rings (SSSR count). The van der Waals surface area contributed by atoms with Gasteiger partial charge < -0.3 is 25.3 Å². The highest BCUT2D eigenvalue weighted by molar-refractivity contribution is 6.01. The molecule has 0 saturated carbocycles. The number of benzene rings is 2. The van der Waals surface area contributed by atoms with Gasteiger partial charge in [0.2, 0.25) is 5.91 Å². The maximum Gasteiger partial charge on any atom is 0.319 e. The number of carbonyl (C=O) groups excluding carboxylic acids is 2. The van der Waals surface area contributed by atoms with Crippen molar-refractivity contribution in [1.29, 1.82) is 0 Å². The van der Waals surface area contributed by atoms with Gasteiger partial charge in [0.05, 0.1) is 0 Å². The second-order valence-corrected chi connectivity index (χ2v) is 8.87. The number of amides is 3. The lowest BCUT2D eigenvalue weighted by molar-refractivity contribution is -0.121. The number of para-hydroxylation sites is 1. The number of hydrogen-bond donors (Lipinski definition) is 2. The smallest absolute Gasteiger partial charge is 0.319 e. The van der Waals surface area contributed by atoms with E-state index in [0.717, 1.165) is 25.2 Å². The summed E-state index contributed by atoms with van der Waals surface area (Å²) in [4.78, 5) is 32.0. The third kappa shape index (κ3) is 5.22. The van der Waals surface area contributed by atoms with Crippen molar-refractivity contribution in [3.05, 3.63) is 54.6 Å². The number of rotatable bonds is 5. The Labute approximate surface area is 190 Å². The van der Waals surface area contributed by atoms with Crippen molar-refractivity contribution in [3.8, 4) is 0 Å². The minimum atomic E-state index is -0.518. The van der Waals surface area contributed by atoms with Crippen LogP contribution in [-0.4, -0.2) is 62.7 Å². The van der Waals surface area contributed by atoms with Crippen molar-refractivity contribution >= 4 is 29.0 Å². The van der Waals surface area contributed by atoms with E-state index < -0.39 is 6.04 Å². The Kier molecular flexibility index (Phi) is 6.95. The molecule has 7 heteroatoms. The summed E-state index contributed by atoms with van der Waals surface area (Å²) in [5.41, 5.74) is 2.78. The average Bonchev–Trinajstić information content (AvgIpc) is 2.81. The zero-order valence-corrected chi connectivity index (χ0v) is 19.0. The number of carbonyl (C=O) groups is 2. The lowest BCUT2D eigenvalue weighted by Gasteiger charge is -2.38. The molecule has 0 spiro atoms.